The highest BCUT2D eigenvalue weighted by atomic mass is 32.2. The van der Waals surface area contributed by atoms with Crippen molar-refractivity contribution in [2.75, 3.05) is 30.5 Å². The van der Waals surface area contributed by atoms with Crippen molar-refractivity contribution in [1.82, 2.24) is 25.3 Å². The molecule has 140 valence electrons. The van der Waals surface area contributed by atoms with Crippen LogP contribution in [0.2, 0.25) is 0 Å². The molecule has 2 rings (SSSR count). The van der Waals surface area contributed by atoms with E-state index in [0.29, 0.717) is 17.5 Å². The zero-order chi connectivity index (χ0) is 18.9. The first-order valence-electron chi connectivity index (χ1n) is 7.82. The largest absolute Gasteiger partial charge is 0.309 e. The molecule has 2 heterocycles. The number of carbonyl (C=O) groups excluding carboxylic acids is 2. The SMILES string of the molecule is C=CCSc1nnc(NC(=O)CCC(=O)Nc2cc(CN(C)C)[nH]n2)s1. The number of aromatic nitrogens is 4. The van der Waals surface area contributed by atoms with E-state index in [1.165, 1.54) is 23.1 Å². The maximum Gasteiger partial charge on any atom is 0.226 e. The third-order valence-electron chi connectivity index (χ3n) is 2.94. The van der Waals surface area contributed by atoms with E-state index < -0.39 is 0 Å². The fourth-order valence-electron chi connectivity index (χ4n) is 1.91. The number of amides is 2. The number of thioether (sulfide) groups is 1. The molecule has 0 aromatic carbocycles. The van der Waals surface area contributed by atoms with Crippen LogP contribution in [0.5, 0.6) is 0 Å². The van der Waals surface area contributed by atoms with Crippen LogP contribution in [-0.2, 0) is 16.1 Å². The zero-order valence-corrected chi connectivity index (χ0v) is 16.2. The van der Waals surface area contributed by atoms with E-state index in [4.69, 9.17) is 0 Å². The van der Waals surface area contributed by atoms with Crippen molar-refractivity contribution < 1.29 is 9.59 Å². The molecule has 2 amide bonds. The maximum atomic E-state index is 11.9. The van der Waals surface area contributed by atoms with Crippen LogP contribution in [-0.4, -0.2) is 57.0 Å². The lowest BCUT2D eigenvalue weighted by Crippen LogP contribution is -2.17. The minimum Gasteiger partial charge on any atom is -0.309 e. The molecular formula is C15H21N7O2S2. The molecule has 0 radical (unpaired) electrons. The first kappa shape index (κ1) is 20.1. The van der Waals surface area contributed by atoms with Gasteiger partial charge < -0.3 is 15.5 Å². The van der Waals surface area contributed by atoms with Crippen LogP contribution in [0.3, 0.4) is 0 Å². The number of hydrogen-bond acceptors (Lipinski definition) is 8. The molecule has 0 aliphatic carbocycles. The van der Waals surface area contributed by atoms with E-state index in [1.807, 2.05) is 19.0 Å². The Hall–Kier alpha value is -2.24. The highest BCUT2D eigenvalue weighted by Crippen LogP contribution is 2.25. The van der Waals surface area contributed by atoms with Crippen LogP contribution in [0.25, 0.3) is 0 Å². The van der Waals surface area contributed by atoms with Gasteiger partial charge in [0.1, 0.15) is 0 Å². The summed E-state index contributed by atoms with van der Waals surface area (Å²) in [5.74, 6) is 0.612. The number of hydrogen-bond donors (Lipinski definition) is 3. The molecule has 0 spiro atoms. The Balaban J connectivity index is 1.72. The van der Waals surface area contributed by atoms with Crippen molar-refractivity contribution in [2.24, 2.45) is 0 Å². The molecule has 0 bridgehead atoms. The molecule has 3 N–H and O–H groups in total. The molecule has 9 nitrogen and oxygen atoms in total. The van der Waals surface area contributed by atoms with E-state index in [0.717, 1.165) is 15.8 Å². The van der Waals surface area contributed by atoms with Gasteiger partial charge in [0.25, 0.3) is 0 Å². The monoisotopic (exact) mass is 395 g/mol. The minimum absolute atomic E-state index is 0.0511. The smallest absolute Gasteiger partial charge is 0.226 e. The van der Waals surface area contributed by atoms with E-state index >= 15 is 0 Å². The summed E-state index contributed by atoms with van der Waals surface area (Å²) in [5, 5.41) is 20.4. The van der Waals surface area contributed by atoms with Crippen molar-refractivity contribution in [1.29, 1.82) is 0 Å². The Morgan fingerprint density at radius 3 is 2.73 bits per heavy atom. The van der Waals surface area contributed by atoms with E-state index in [-0.39, 0.29) is 24.7 Å². The molecule has 0 atom stereocenters. The average molecular weight is 396 g/mol. The predicted octanol–water partition coefficient (Wildman–Crippen LogP) is 1.96. The Morgan fingerprint density at radius 2 is 2.04 bits per heavy atom. The quantitative estimate of drug-likeness (QED) is 0.320. The lowest BCUT2D eigenvalue weighted by Gasteiger charge is -2.05. The molecule has 2 aromatic rings. The lowest BCUT2D eigenvalue weighted by molar-refractivity contribution is -0.121. The summed E-state index contributed by atoms with van der Waals surface area (Å²) in [4.78, 5) is 25.8. The molecule has 0 aliphatic rings. The average Bonchev–Trinajstić information content (AvgIpc) is 3.20. The Kier molecular flexibility index (Phi) is 7.75. The predicted molar refractivity (Wildman–Crippen MR) is 103 cm³/mol. The Bertz CT molecular complexity index is 757. The molecule has 0 saturated carbocycles. The first-order chi connectivity index (χ1) is 12.5. The highest BCUT2D eigenvalue weighted by molar-refractivity contribution is 8.01. The van der Waals surface area contributed by atoms with Crippen molar-refractivity contribution in [3.63, 3.8) is 0 Å². The number of anilines is 2. The maximum absolute atomic E-state index is 11.9. The molecular weight excluding hydrogens is 374 g/mol. The van der Waals surface area contributed by atoms with Crippen LogP contribution >= 0.6 is 23.1 Å². The molecule has 11 heteroatoms. The topological polar surface area (TPSA) is 116 Å². The van der Waals surface area contributed by atoms with Crippen molar-refractivity contribution >= 4 is 45.9 Å². The number of carbonyl (C=O) groups is 2. The van der Waals surface area contributed by atoms with E-state index in [1.54, 1.807) is 12.1 Å². The van der Waals surface area contributed by atoms with Gasteiger partial charge in [0.05, 0.1) is 5.69 Å². The number of nitrogens with zero attached hydrogens (tertiary/aromatic N) is 4. The number of aromatic amines is 1. The van der Waals surface area contributed by atoms with Crippen LogP contribution in [0, 0.1) is 0 Å². The van der Waals surface area contributed by atoms with Gasteiger partial charge in [-0.15, -0.1) is 16.8 Å². The summed E-state index contributed by atoms with van der Waals surface area (Å²) in [6.07, 6.45) is 1.87. The van der Waals surface area contributed by atoms with Gasteiger partial charge in [0.15, 0.2) is 10.2 Å². The van der Waals surface area contributed by atoms with E-state index in [2.05, 4.69) is 37.6 Å². The van der Waals surface area contributed by atoms with Crippen molar-refractivity contribution in [2.45, 2.75) is 23.7 Å². The van der Waals surface area contributed by atoms with Gasteiger partial charge in [-0.05, 0) is 14.1 Å². The Morgan fingerprint density at radius 1 is 1.31 bits per heavy atom. The second-order valence-electron chi connectivity index (χ2n) is 5.59. The molecule has 2 aromatic heterocycles. The fourth-order valence-corrected chi connectivity index (χ4v) is 3.44. The standard InChI is InChI=1S/C15H21N7O2S2/c1-4-7-25-15-21-20-14(26-15)17-13(24)6-5-12(23)16-11-8-10(18-19-11)9-22(2)3/h4,8H,1,5-7,9H2,2-3H3,(H,17,20,24)(H2,16,18,19,23). The zero-order valence-electron chi connectivity index (χ0n) is 14.6. The fraction of sp³-hybridized carbons (Fsp3) is 0.400. The van der Waals surface area contributed by atoms with Crippen LogP contribution in [0.1, 0.15) is 18.5 Å². The lowest BCUT2D eigenvalue weighted by atomic mass is 10.3. The summed E-state index contributed by atoms with van der Waals surface area (Å²) in [5.41, 5.74) is 0.893. The van der Waals surface area contributed by atoms with Gasteiger partial charge in [-0.25, -0.2) is 0 Å². The van der Waals surface area contributed by atoms with E-state index in [9.17, 15) is 9.59 Å². The van der Waals surface area contributed by atoms with Gasteiger partial charge in [-0.2, -0.15) is 5.10 Å². The second-order valence-corrected chi connectivity index (χ2v) is 7.83. The molecule has 0 unspecified atom stereocenters. The van der Waals surface area contributed by atoms with Crippen LogP contribution in [0.15, 0.2) is 23.1 Å². The van der Waals surface area contributed by atoms with Gasteiger partial charge >= 0.3 is 0 Å². The van der Waals surface area contributed by atoms with Crippen molar-refractivity contribution in [3.05, 3.63) is 24.4 Å². The van der Waals surface area contributed by atoms with Gasteiger partial charge in [-0.3, -0.25) is 14.7 Å². The van der Waals surface area contributed by atoms with Gasteiger partial charge in [-0.1, -0.05) is 29.2 Å². The van der Waals surface area contributed by atoms with Crippen LogP contribution in [0.4, 0.5) is 10.9 Å². The summed E-state index contributed by atoms with van der Waals surface area (Å²) in [6.45, 7) is 4.33. The third kappa shape index (κ3) is 6.94. The summed E-state index contributed by atoms with van der Waals surface area (Å²) < 4.78 is 0.755. The van der Waals surface area contributed by atoms with Crippen LogP contribution < -0.4 is 10.6 Å². The number of nitrogens with one attached hydrogen (secondary N) is 3. The molecule has 26 heavy (non-hydrogen) atoms. The first-order valence-corrected chi connectivity index (χ1v) is 9.62. The second kappa shape index (κ2) is 10.0. The molecule has 0 saturated heterocycles. The molecule has 0 fully saturated rings. The minimum atomic E-state index is -0.285. The summed E-state index contributed by atoms with van der Waals surface area (Å²) in [6, 6.07) is 1.77. The van der Waals surface area contributed by atoms with Gasteiger partial charge in [0, 0.05) is 31.2 Å². The Labute approximate surface area is 159 Å². The summed E-state index contributed by atoms with van der Waals surface area (Å²) >= 11 is 2.78. The third-order valence-corrected chi connectivity index (χ3v) is 4.91. The highest BCUT2D eigenvalue weighted by Gasteiger charge is 2.12. The normalized spacial score (nSPS) is 10.7. The molecule has 0 aliphatic heterocycles. The number of H-pyrrole nitrogens is 1. The summed E-state index contributed by atoms with van der Waals surface area (Å²) in [7, 11) is 3.88. The number of rotatable bonds is 10. The van der Waals surface area contributed by atoms with Crippen molar-refractivity contribution in [3.8, 4) is 0 Å². The van der Waals surface area contributed by atoms with Gasteiger partial charge in [0.2, 0.25) is 16.9 Å².